The minimum atomic E-state index is -0.333. The lowest BCUT2D eigenvalue weighted by Crippen LogP contribution is -2.25. The van der Waals surface area contributed by atoms with Gasteiger partial charge in [-0.05, 0) is 49.2 Å². The number of ether oxygens (including phenoxy) is 1. The van der Waals surface area contributed by atoms with Crippen molar-refractivity contribution in [3.05, 3.63) is 46.8 Å². The molecule has 2 aromatic rings. The van der Waals surface area contributed by atoms with Crippen LogP contribution in [0.2, 0.25) is 0 Å². The summed E-state index contributed by atoms with van der Waals surface area (Å²) in [6, 6.07) is 5.44. The Morgan fingerprint density at radius 2 is 2.27 bits per heavy atom. The fourth-order valence-electron chi connectivity index (χ4n) is 2.50. The van der Waals surface area contributed by atoms with E-state index in [1.807, 2.05) is 25.3 Å². The van der Waals surface area contributed by atoms with Crippen molar-refractivity contribution < 1.29 is 9.53 Å². The van der Waals surface area contributed by atoms with E-state index in [1.165, 1.54) is 12.7 Å². The van der Waals surface area contributed by atoms with Gasteiger partial charge in [0.2, 0.25) is 5.95 Å². The molecular weight excluding hydrogens is 280 g/mol. The number of aryl methyl sites for hydroxylation is 1. The van der Waals surface area contributed by atoms with E-state index in [2.05, 4.69) is 20.6 Å². The number of rotatable bonds is 3. The van der Waals surface area contributed by atoms with Crippen molar-refractivity contribution in [2.75, 3.05) is 19.0 Å². The van der Waals surface area contributed by atoms with Crippen LogP contribution in [0.3, 0.4) is 0 Å². The van der Waals surface area contributed by atoms with E-state index in [1.54, 1.807) is 6.07 Å². The lowest BCUT2D eigenvalue weighted by atomic mass is 10.1. The third-order valence-corrected chi connectivity index (χ3v) is 3.71. The van der Waals surface area contributed by atoms with E-state index in [0.717, 1.165) is 36.5 Å². The quantitative estimate of drug-likeness (QED) is 0.844. The summed E-state index contributed by atoms with van der Waals surface area (Å²) in [4.78, 5) is 20.5. The van der Waals surface area contributed by atoms with Crippen LogP contribution in [-0.2, 0) is 17.7 Å². The highest BCUT2D eigenvalue weighted by Crippen LogP contribution is 2.20. The number of carbonyl (C=O) groups is 1. The van der Waals surface area contributed by atoms with Crippen molar-refractivity contribution >= 4 is 17.6 Å². The zero-order valence-corrected chi connectivity index (χ0v) is 12.6. The molecule has 3 rings (SSSR count). The SMILES string of the molecule is COC(=O)c1ccc(Nc2ncc3c(n2)CNCC3)cc1C. The second kappa shape index (κ2) is 6.11. The zero-order valence-electron chi connectivity index (χ0n) is 12.6. The molecule has 1 aromatic heterocycles. The molecule has 22 heavy (non-hydrogen) atoms. The Balaban J connectivity index is 1.81. The summed E-state index contributed by atoms with van der Waals surface area (Å²) >= 11 is 0. The predicted molar refractivity (Wildman–Crippen MR) is 83.2 cm³/mol. The van der Waals surface area contributed by atoms with Crippen LogP contribution in [0.25, 0.3) is 0 Å². The van der Waals surface area contributed by atoms with Crippen molar-refractivity contribution in [1.82, 2.24) is 15.3 Å². The van der Waals surface area contributed by atoms with E-state index in [-0.39, 0.29) is 5.97 Å². The molecule has 0 saturated heterocycles. The maximum absolute atomic E-state index is 11.6. The molecule has 0 atom stereocenters. The van der Waals surface area contributed by atoms with E-state index in [4.69, 9.17) is 4.74 Å². The van der Waals surface area contributed by atoms with Gasteiger partial charge in [0, 0.05) is 18.4 Å². The van der Waals surface area contributed by atoms with Crippen LogP contribution in [0.1, 0.15) is 27.2 Å². The summed E-state index contributed by atoms with van der Waals surface area (Å²) in [5.74, 6) is 0.229. The second-order valence-electron chi connectivity index (χ2n) is 5.24. The summed E-state index contributed by atoms with van der Waals surface area (Å²) in [7, 11) is 1.38. The second-order valence-corrected chi connectivity index (χ2v) is 5.24. The van der Waals surface area contributed by atoms with Crippen molar-refractivity contribution in [2.45, 2.75) is 19.9 Å². The number of carbonyl (C=O) groups excluding carboxylic acids is 1. The van der Waals surface area contributed by atoms with Gasteiger partial charge in [-0.25, -0.2) is 14.8 Å². The molecule has 0 saturated carbocycles. The first-order valence-corrected chi connectivity index (χ1v) is 7.19. The van der Waals surface area contributed by atoms with Crippen LogP contribution in [0.15, 0.2) is 24.4 Å². The molecule has 0 amide bonds. The highest BCUT2D eigenvalue weighted by atomic mass is 16.5. The monoisotopic (exact) mass is 298 g/mol. The van der Waals surface area contributed by atoms with Crippen LogP contribution in [-0.4, -0.2) is 29.6 Å². The Labute approximate surface area is 128 Å². The van der Waals surface area contributed by atoms with Gasteiger partial charge in [-0.3, -0.25) is 0 Å². The normalized spacial score (nSPS) is 13.4. The zero-order chi connectivity index (χ0) is 15.5. The molecule has 2 heterocycles. The van der Waals surface area contributed by atoms with Crippen molar-refractivity contribution in [2.24, 2.45) is 0 Å². The van der Waals surface area contributed by atoms with Crippen molar-refractivity contribution in [3.8, 4) is 0 Å². The van der Waals surface area contributed by atoms with Crippen LogP contribution in [0, 0.1) is 6.92 Å². The molecule has 1 aliphatic heterocycles. The van der Waals surface area contributed by atoms with E-state index < -0.39 is 0 Å². The Hall–Kier alpha value is -2.47. The number of hydrogen-bond donors (Lipinski definition) is 2. The Kier molecular flexibility index (Phi) is 4.02. The number of anilines is 2. The van der Waals surface area contributed by atoms with Gasteiger partial charge in [-0.2, -0.15) is 0 Å². The molecule has 2 N–H and O–H groups in total. The number of nitrogens with zero attached hydrogens (tertiary/aromatic N) is 2. The first kappa shape index (κ1) is 14.5. The number of fused-ring (bicyclic) bond motifs is 1. The number of benzene rings is 1. The maximum atomic E-state index is 11.6. The lowest BCUT2D eigenvalue weighted by Gasteiger charge is -2.16. The minimum Gasteiger partial charge on any atom is -0.465 e. The smallest absolute Gasteiger partial charge is 0.338 e. The molecule has 6 nitrogen and oxygen atoms in total. The largest absolute Gasteiger partial charge is 0.465 e. The molecule has 114 valence electrons. The first-order valence-electron chi connectivity index (χ1n) is 7.19. The number of methoxy groups -OCH3 is 1. The minimum absolute atomic E-state index is 0.333. The van der Waals surface area contributed by atoms with Gasteiger partial charge in [0.05, 0.1) is 18.4 Å². The van der Waals surface area contributed by atoms with Crippen LogP contribution >= 0.6 is 0 Å². The van der Waals surface area contributed by atoms with Gasteiger partial charge in [-0.15, -0.1) is 0 Å². The fraction of sp³-hybridized carbons (Fsp3) is 0.312. The molecule has 0 aliphatic carbocycles. The third-order valence-electron chi connectivity index (χ3n) is 3.71. The van der Waals surface area contributed by atoms with Gasteiger partial charge in [-0.1, -0.05) is 0 Å². The van der Waals surface area contributed by atoms with Gasteiger partial charge >= 0.3 is 5.97 Å². The molecule has 0 spiro atoms. The average molecular weight is 298 g/mol. The molecular formula is C16H18N4O2. The highest BCUT2D eigenvalue weighted by molar-refractivity contribution is 5.91. The molecule has 0 radical (unpaired) electrons. The summed E-state index contributed by atoms with van der Waals surface area (Å²) < 4.78 is 4.75. The maximum Gasteiger partial charge on any atom is 0.338 e. The summed E-state index contributed by atoms with van der Waals surface area (Å²) in [6.07, 6.45) is 2.84. The molecule has 6 heteroatoms. The van der Waals surface area contributed by atoms with Crippen LogP contribution in [0.4, 0.5) is 11.6 Å². The van der Waals surface area contributed by atoms with E-state index >= 15 is 0 Å². The number of esters is 1. The number of nitrogens with one attached hydrogen (secondary N) is 2. The molecule has 0 fully saturated rings. The Morgan fingerprint density at radius 1 is 1.41 bits per heavy atom. The lowest BCUT2D eigenvalue weighted by molar-refractivity contribution is 0.0600. The topological polar surface area (TPSA) is 76.1 Å². The van der Waals surface area contributed by atoms with E-state index in [0.29, 0.717) is 11.5 Å². The molecule has 1 aliphatic rings. The van der Waals surface area contributed by atoms with Crippen molar-refractivity contribution in [1.29, 1.82) is 0 Å². The van der Waals surface area contributed by atoms with Gasteiger partial charge in [0.25, 0.3) is 0 Å². The number of aromatic nitrogens is 2. The Morgan fingerprint density at radius 3 is 3.05 bits per heavy atom. The molecule has 0 unspecified atom stereocenters. The van der Waals surface area contributed by atoms with Gasteiger partial charge in [0.1, 0.15) is 0 Å². The molecule has 0 bridgehead atoms. The third kappa shape index (κ3) is 2.92. The summed E-state index contributed by atoms with van der Waals surface area (Å²) in [6.45, 7) is 3.61. The van der Waals surface area contributed by atoms with Gasteiger partial charge < -0.3 is 15.4 Å². The average Bonchev–Trinajstić information content (AvgIpc) is 2.54. The predicted octanol–water partition coefficient (Wildman–Crippen LogP) is 1.96. The van der Waals surface area contributed by atoms with E-state index in [9.17, 15) is 4.79 Å². The summed E-state index contributed by atoms with van der Waals surface area (Å²) in [5.41, 5.74) is 4.47. The summed E-state index contributed by atoms with van der Waals surface area (Å²) in [5, 5.41) is 6.47. The van der Waals surface area contributed by atoms with Crippen LogP contribution in [0.5, 0.6) is 0 Å². The molecule has 1 aromatic carbocycles. The standard InChI is InChI=1S/C16H18N4O2/c1-10-7-12(3-4-13(10)15(21)22-2)19-16-18-8-11-5-6-17-9-14(11)20-16/h3-4,7-8,17H,5-6,9H2,1-2H3,(H,18,19,20). The fourth-order valence-corrected chi connectivity index (χ4v) is 2.50. The van der Waals surface area contributed by atoms with Crippen molar-refractivity contribution in [3.63, 3.8) is 0 Å². The van der Waals surface area contributed by atoms with Crippen LogP contribution < -0.4 is 10.6 Å². The Bertz CT molecular complexity index is 715. The number of hydrogen-bond acceptors (Lipinski definition) is 6. The highest BCUT2D eigenvalue weighted by Gasteiger charge is 2.13. The van der Waals surface area contributed by atoms with Gasteiger partial charge in [0.15, 0.2) is 0 Å². The first-order chi connectivity index (χ1) is 10.7.